The van der Waals surface area contributed by atoms with Gasteiger partial charge in [0.25, 0.3) is 5.91 Å². The van der Waals surface area contributed by atoms with Crippen molar-refractivity contribution in [3.8, 4) is 0 Å². The first kappa shape index (κ1) is 12.3. The molecule has 0 aliphatic heterocycles. The highest BCUT2D eigenvalue weighted by molar-refractivity contribution is 9.10. The smallest absolute Gasteiger partial charge is 0.287 e. The maximum absolute atomic E-state index is 11.4. The zero-order chi connectivity index (χ0) is 11.4. The number of carbonyl (C=O) groups is 1. The number of amides is 1. The predicted molar refractivity (Wildman–Crippen MR) is 59.6 cm³/mol. The molecule has 1 aromatic rings. The van der Waals surface area contributed by atoms with E-state index in [4.69, 9.17) is 4.42 Å². The van der Waals surface area contributed by atoms with Crippen molar-refractivity contribution in [3.05, 3.63) is 22.6 Å². The van der Waals surface area contributed by atoms with E-state index in [1.165, 1.54) is 0 Å². The minimum atomic E-state index is -0.535. The number of aliphatic hydroxyl groups excluding tert-OH is 1. The molecule has 0 fully saturated rings. The highest BCUT2D eigenvalue weighted by Gasteiger charge is 2.13. The molecule has 0 saturated carbocycles. The lowest BCUT2D eigenvalue weighted by Gasteiger charge is -2.14. The van der Waals surface area contributed by atoms with Gasteiger partial charge >= 0.3 is 0 Å². The van der Waals surface area contributed by atoms with Crippen molar-refractivity contribution in [1.82, 2.24) is 5.32 Å². The lowest BCUT2D eigenvalue weighted by molar-refractivity contribution is 0.0845. The van der Waals surface area contributed by atoms with Crippen LogP contribution in [0.4, 0.5) is 0 Å². The third-order valence-electron chi connectivity index (χ3n) is 2.04. The maximum Gasteiger partial charge on any atom is 0.287 e. The zero-order valence-corrected chi connectivity index (χ0v) is 10.2. The molecular formula is C10H14BrNO3. The Morgan fingerprint density at radius 2 is 2.27 bits per heavy atom. The summed E-state index contributed by atoms with van der Waals surface area (Å²) >= 11 is 3.11. The average molecular weight is 276 g/mol. The summed E-state index contributed by atoms with van der Waals surface area (Å²) in [4.78, 5) is 11.4. The third-order valence-corrected chi connectivity index (χ3v) is 2.46. The van der Waals surface area contributed by atoms with E-state index in [0.717, 1.165) is 0 Å². The van der Waals surface area contributed by atoms with Crippen LogP contribution in [-0.2, 0) is 0 Å². The average Bonchev–Trinajstić information content (AvgIpc) is 2.60. The molecule has 1 heterocycles. The fraction of sp³-hybridized carbons (Fsp3) is 0.500. The number of nitrogens with one attached hydrogen (secondary N) is 1. The quantitative estimate of drug-likeness (QED) is 0.881. The molecule has 1 aromatic heterocycles. The van der Waals surface area contributed by atoms with E-state index < -0.39 is 6.10 Å². The second kappa shape index (κ2) is 5.32. The summed E-state index contributed by atoms with van der Waals surface area (Å²) in [7, 11) is 0. The van der Waals surface area contributed by atoms with E-state index in [0.29, 0.717) is 4.67 Å². The molecule has 0 aliphatic carbocycles. The van der Waals surface area contributed by atoms with Crippen LogP contribution in [0, 0.1) is 5.92 Å². The second-order valence-electron chi connectivity index (χ2n) is 3.63. The lowest BCUT2D eigenvalue weighted by Crippen LogP contribution is -2.34. The van der Waals surface area contributed by atoms with Gasteiger partial charge in [0.15, 0.2) is 10.4 Å². The van der Waals surface area contributed by atoms with E-state index in [-0.39, 0.29) is 24.1 Å². The van der Waals surface area contributed by atoms with Crippen molar-refractivity contribution in [2.75, 3.05) is 6.54 Å². The largest absolute Gasteiger partial charge is 0.444 e. The van der Waals surface area contributed by atoms with Crippen molar-refractivity contribution in [1.29, 1.82) is 0 Å². The molecule has 84 valence electrons. The Labute approximate surface area is 96.8 Å². The summed E-state index contributed by atoms with van der Waals surface area (Å²) < 4.78 is 5.57. The number of aliphatic hydroxyl groups is 1. The summed E-state index contributed by atoms with van der Waals surface area (Å²) in [5, 5.41) is 12.1. The Balaban J connectivity index is 2.43. The van der Waals surface area contributed by atoms with Gasteiger partial charge in [0.1, 0.15) is 0 Å². The van der Waals surface area contributed by atoms with Gasteiger partial charge in [-0.05, 0) is 34.0 Å². The number of furan rings is 1. The molecule has 0 aliphatic rings. The fourth-order valence-electron chi connectivity index (χ4n) is 0.956. The van der Waals surface area contributed by atoms with Crippen LogP contribution in [0.1, 0.15) is 24.4 Å². The van der Waals surface area contributed by atoms with Gasteiger partial charge in [0.05, 0.1) is 6.10 Å². The van der Waals surface area contributed by atoms with Crippen LogP contribution in [0.5, 0.6) is 0 Å². The molecule has 1 unspecified atom stereocenters. The first-order chi connectivity index (χ1) is 7.00. The van der Waals surface area contributed by atoms with Gasteiger partial charge in [-0.25, -0.2) is 0 Å². The number of halogens is 1. The summed E-state index contributed by atoms with van der Waals surface area (Å²) in [5.74, 6) is 0.0341. The van der Waals surface area contributed by atoms with Crippen molar-refractivity contribution in [2.24, 2.45) is 5.92 Å². The molecule has 5 heteroatoms. The van der Waals surface area contributed by atoms with Crippen molar-refractivity contribution in [3.63, 3.8) is 0 Å². The minimum Gasteiger partial charge on any atom is -0.444 e. The number of hydrogen-bond donors (Lipinski definition) is 2. The fourth-order valence-corrected chi connectivity index (χ4v) is 1.26. The van der Waals surface area contributed by atoms with Crippen molar-refractivity contribution < 1.29 is 14.3 Å². The molecule has 1 atom stereocenters. The molecule has 0 radical (unpaired) electrons. The molecular weight excluding hydrogens is 262 g/mol. The van der Waals surface area contributed by atoms with E-state index >= 15 is 0 Å². The Morgan fingerprint density at radius 1 is 1.60 bits per heavy atom. The monoisotopic (exact) mass is 275 g/mol. The zero-order valence-electron chi connectivity index (χ0n) is 8.66. The molecule has 4 nitrogen and oxygen atoms in total. The van der Waals surface area contributed by atoms with Crippen LogP contribution in [-0.4, -0.2) is 23.7 Å². The molecule has 0 aromatic carbocycles. The Morgan fingerprint density at radius 3 is 2.73 bits per heavy atom. The molecule has 1 rings (SSSR count). The molecule has 0 saturated heterocycles. The van der Waals surface area contributed by atoms with E-state index in [1.54, 1.807) is 12.1 Å². The van der Waals surface area contributed by atoms with Crippen LogP contribution >= 0.6 is 15.9 Å². The van der Waals surface area contributed by atoms with Crippen LogP contribution in [0.25, 0.3) is 0 Å². The van der Waals surface area contributed by atoms with Gasteiger partial charge in [0, 0.05) is 6.54 Å². The van der Waals surface area contributed by atoms with Gasteiger partial charge in [-0.3, -0.25) is 4.79 Å². The topological polar surface area (TPSA) is 62.5 Å². The first-order valence-corrected chi connectivity index (χ1v) is 5.51. The van der Waals surface area contributed by atoms with Crippen molar-refractivity contribution in [2.45, 2.75) is 20.0 Å². The summed E-state index contributed by atoms with van der Waals surface area (Å²) in [5.41, 5.74) is 0. The Kier molecular flexibility index (Phi) is 4.35. The SMILES string of the molecule is CC(C)C(O)CNC(=O)c1ccc(Br)o1. The maximum atomic E-state index is 11.4. The lowest BCUT2D eigenvalue weighted by atomic mass is 10.1. The highest BCUT2D eigenvalue weighted by atomic mass is 79.9. The molecule has 0 bridgehead atoms. The van der Waals surface area contributed by atoms with E-state index in [9.17, 15) is 9.90 Å². The van der Waals surface area contributed by atoms with Gasteiger partial charge in [-0.1, -0.05) is 13.8 Å². The minimum absolute atomic E-state index is 0.119. The summed E-state index contributed by atoms with van der Waals surface area (Å²) in [6.45, 7) is 4.01. The summed E-state index contributed by atoms with van der Waals surface area (Å²) in [6, 6.07) is 3.22. The third kappa shape index (κ3) is 3.68. The van der Waals surface area contributed by atoms with Gasteiger partial charge in [0.2, 0.25) is 0 Å². The Hall–Kier alpha value is -0.810. The normalized spacial score (nSPS) is 12.9. The standard InChI is InChI=1S/C10H14BrNO3/c1-6(2)7(13)5-12-10(14)8-3-4-9(11)15-8/h3-4,6-7,13H,5H2,1-2H3,(H,12,14). The number of rotatable bonds is 4. The van der Waals surface area contributed by atoms with Crippen LogP contribution in [0.2, 0.25) is 0 Å². The van der Waals surface area contributed by atoms with Crippen molar-refractivity contribution >= 4 is 21.8 Å². The van der Waals surface area contributed by atoms with Gasteiger partial charge in [-0.2, -0.15) is 0 Å². The molecule has 1 amide bonds. The van der Waals surface area contributed by atoms with Gasteiger partial charge < -0.3 is 14.8 Å². The van der Waals surface area contributed by atoms with Crippen LogP contribution in [0.3, 0.4) is 0 Å². The highest BCUT2D eigenvalue weighted by Crippen LogP contribution is 2.13. The van der Waals surface area contributed by atoms with E-state index in [2.05, 4.69) is 21.2 Å². The molecule has 2 N–H and O–H groups in total. The molecule has 15 heavy (non-hydrogen) atoms. The van der Waals surface area contributed by atoms with Gasteiger partial charge in [-0.15, -0.1) is 0 Å². The predicted octanol–water partition coefficient (Wildman–Crippen LogP) is 1.79. The second-order valence-corrected chi connectivity index (χ2v) is 4.41. The Bertz CT molecular complexity index is 335. The number of carbonyl (C=O) groups excluding carboxylic acids is 1. The summed E-state index contributed by atoms with van der Waals surface area (Å²) in [6.07, 6.45) is -0.535. The van der Waals surface area contributed by atoms with Crippen LogP contribution < -0.4 is 5.32 Å². The molecule has 0 spiro atoms. The first-order valence-electron chi connectivity index (χ1n) is 4.72. The number of hydrogen-bond acceptors (Lipinski definition) is 3. The van der Waals surface area contributed by atoms with E-state index in [1.807, 2.05) is 13.8 Å². The van der Waals surface area contributed by atoms with Crippen LogP contribution in [0.15, 0.2) is 21.2 Å².